The van der Waals surface area contributed by atoms with Gasteiger partial charge in [-0.2, -0.15) is 0 Å². The quantitative estimate of drug-likeness (QED) is 0.813. The van der Waals surface area contributed by atoms with Crippen LogP contribution in [-0.4, -0.2) is 33.5 Å². The predicted molar refractivity (Wildman–Crippen MR) is 82.8 cm³/mol. The van der Waals surface area contributed by atoms with E-state index < -0.39 is 0 Å². The molecule has 3 N–H and O–H groups in total. The zero-order chi connectivity index (χ0) is 15.4. The first-order valence-corrected chi connectivity index (χ1v) is 7.28. The summed E-state index contributed by atoms with van der Waals surface area (Å²) in [5.41, 5.74) is 6.16. The maximum atomic E-state index is 11.9. The Labute approximate surface area is 130 Å². The van der Waals surface area contributed by atoms with Gasteiger partial charge in [-0.15, -0.1) is 10.2 Å². The monoisotopic (exact) mass is 327 g/mol. The van der Waals surface area contributed by atoms with E-state index in [0.29, 0.717) is 27.6 Å². The van der Waals surface area contributed by atoms with Crippen LogP contribution in [0.4, 0.5) is 11.6 Å². The standard InChI is InChI=1S/C12H14ClN5O2S/c1-18-11(14)16-17-12(18)21-6-10(19)15-7-3-4-9(20-2)8(13)5-7/h3-5H,6H2,1-2H3,(H2,14,16)(H,15,19). The summed E-state index contributed by atoms with van der Waals surface area (Å²) in [6.07, 6.45) is 0. The Morgan fingerprint density at radius 2 is 2.29 bits per heavy atom. The van der Waals surface area contributed by atoms with Gasteiger partial charge in [-0.25, -0.2) is 0 Å². The summed E-state index contributed by atoms with van der Waals surface area (Å²) in [5, 5.41) is 11.3. The van der Waals surface area contributed by atoms with Crippen LogP contribution in [0.15, 0.2) is 23.4 Å². The normalized spacial score (nSPS) is 10.4. The Kier molecular flexibility index (Phi) is 4.92. The van der Waals surface area contributed by atoms with E-state index in [1.54, 1.807) is 29.8 Å². The fraction of sp³-hybridized carbons (Fsp3) is 0.250. The number of anilines is 2. The molecule has 0 saturated heterocycles. The first-order valence-electron chi connectivity index (χ1n) is 5.92. The molecule has 1 heterocycles. The van der Waals surface area contributed by atoms with E-state index in [4.69, 9.17) is 22.1 Å². The van der Waals surface area contributed by atoms with Crippen molar-refractivity contribution >= 4 is 40.9 Å². The summed E-state index contributed by atoms with van der Waals surface area (Å²) in [6, 6.07) is 5.03. The molecule has 0 bridgehead atoms. The van der Waals surface area contributed by atoms with Gasteiger partial charge in [0, 0.05) is 12.7 Å². The van der Waals surface area contributed by atoms with E-state index in [0.717, 1.165) is 0 Å². The van der Waals surface area contributed by atoms with Crippen LogP contribution >= 0.6 is 23.4 Å². The van der Waals surface area contributed by atoms with Crippen molar-refractivity contribution in [2.45, 2.75) is 5.16 Å². The summed E-state index contributed by atoms with van der Waals surface area (Å²) >= 11 is 7.24. The third-order valence-electron chi connectivity index (χ3n) is 2.64. The molecule has 0 aliphatic rings. The van der Waals surface area contributed by atoms with E-state index in [2.05, 4.69) is 15.5 Å². The first-order chi connectivity index (χ1) is 10.0. The number of aromatic nitrogens is 3. The summed E-state index contributed by atoms with van der Waals surface area (Å²) < 4.78 is 6.66. The van der Waals surface area contributed by atoms with Crippen molar-refractivity contribution in [2.75, 3.05) is 23.9 Å². The number of nitrogen functional groups attached to an aromatic ring is 1. The van der Waals surface area contributed by atoms with Crippen LogP contribution in [0.25, 0.3) is 0 Å². The molecule has 0 spiro atoms. The Hall–Kier alpha value is -1.93. The van der Waals surface area contributed by atoms with E-state index in [-0.39, 0.29) is 11.7 Å². The molecule has 0 aliphatic heterocycles. The average molecular weight is 328 g/mol. The zero-order valence-electron chi connectivity index (χ0n) is 11.5. The van der Waals surface area contributed by atoms with Crippen molar-refractivity contribution in [1.82, 2.24) is 14.8 Å². The van der Waals surface area contributed by atoms with Crippen molar-refractivity contribution in [3.05, 3.63) is 23.2 Å². The fourth-order valence-electron chi connectivity index (χ4n) is 1.52. The minimum atomic E-state index is -0.178. The molecule has 1 aromatic carbocycles. The molecule has 1 amide bonds. The number of amides is 1. The number of hydrogen-bond acceptors (Lipinski definition) is 6. The molecule has 112 valence electrons. The highest BCUT2D eigenvalue weighted by Gasteiger charge is 2.10. The lowest BCUT2D eigenvalue weighted by atomic mass is 10.3. The molecule has 9 heteroatoms. The number of rotatable bonds is 5. The summed E-state index contributed by atoms with van der Waals surface area (Å²) in [7, 11) is 3.27. The highest BCUT2D eigenvalue weighted by molar-refractivity contribution is 7.99. The smallest absolute Gasteiger partial charge is 0.234 e. The molecule has 2 aromatic rings. The van der Waals surface area contributed by atoms with Crippen molar-refractivity contribution in [3.8, 4) is 5.75 Å². The van der Waals surface area contributed by atoms with Crippen molar-refractivity contribution in [2.24, 2.45) is 7.05 Å². The Bertz CT molecular complexity index is 661. The molecule has 0 atom stereocenters. The van der Waals surface area contributed by atoms with Gasteiger partial charge in [0.1, 0.15) is 5.75 Å². The van der Waals surface area contributed by atoms with Gasteiger partial charge < -0.3 is 15.8 Å². The summed E-state index contributed by atoms with van der Waals surface area (Å²) in [4.78, 5) is 11.9. The topological polar surface area (TPSA) is 95.1 Å². The van der Waals surface area contributed by atoms with Gasteiger partial charge in [0.05, 0.1) is 17.9 Å². The van der Waals surface area contributed by atoms with Gasteiger partial charge in [0.2, 0.25) is 11.9 Å². The van der Waals surface area contributed by atoms with Gasteiger partial charge >= 0.3 is 0 Å². The Morgan fingerprint density at radius 3 is 2.86 bits per heavy atom. The number of thioether (sulfide) groups is 1. The van der Waals surface area contributed by atoms with E-state index in [1.165, 1.54) is 18.9 Å². The van der Waals surface area contributed by atoms with Gasteiger partial charge in [0.25, 0.3) is 0 Å². The van der Waals surface area contributed by atoms with Crippen LogP contribution in [0, 0.1) is 0 Å². The molecule has 21 heavy (non-hydrogen) atoms. The van der Waals surface area contributed by atoms with Crippen LogP contribution < -0.4 is 15.8 Å². The lowest BCUT2D eigenvalue weighted by Crippen LogP contribution is -2.14. The van der Waals surface area contributed by atoms with Gasteiger partial charge in [-0.3, -0.25) is 9.36 Å². The number of nitrogens with one attached hydrogen (secondary N) is 1. The molecular weight excluding hydrogens is 314 g/mol. The second-order valence-corrected chi connectivity index (χ2v) is 5.44. The molecule has 0 aliphatic carbocycles. The van der Waals surface area contributed by atoms with E-state index >= 15 is 0 Å². The lowest BCUT2D eigenvalue weighted by Gasteiger charge is -2.07. The molecular formula is C12H14ClN5O2S. The maximum absolute atomic E-state index is 11.9. The number of ether oxygens (including phenoxy) is 1. The summed E-state index contributed by atoms with van der Waals surface area (Å²) in [5.74, 6) is 0.872. The number of carbonyl (C=O) groups excluding carboxylic acids is 1. The van der Waals surface area contributed by atoms with Crippen molar-refractivity contribution in [3.63, 3.8) is 0 Å². The minimum absolute atomic E-state index is 0.178. The largest absolute Gasteiger partial charge is 0.495 e. The van der Waals surface area contributed by atoms with Crippen LogP contribution in [0.1, 0.15) is 0 Å². The van der Waals surface area contributed by atoms with E-state index in [9.17, 15) is 4.79 Å². The Balaban J connectivity index is 1.93. The molecule has 1 aromatic heterocycles. The Morgan fingerprint density at radius 1 is 1.52 bits per heavy atom. The number of hydrogen-bond donors (Lipinski definition) is 2. The predicted octanol–water partition coefficient (Wildman–Crippen LogP) is 1.79. The van der Waals surface area contributed by atoms with Crippen LogP contribution in [0.2, 0.25) is 5.02 Å². The molecule has 2 rings (SSSR count). The SMILES string of the molecule is COc1ccc(NC(=O)CSc2nnc(N)n2C)cc1Cl. The molecule has 0 radical (unpaired) electrons. The van der Waals surface area contributed by atoms with Crippen molar-refractivity contribution < 1.29 is 9.53 Å². The third kappa shape index (κ3) is 3.79. The lowest BCUT2D eigenvalue weighted by molar-refractivity contribution is -0.113. The van der Waals surface area contributed by atoms with Gasteiger partial charge in [-0.1, -0.05) is 23.4 Å². The zero-order valence-corrected chi connectivity index (χ0v) is 13.0. The number of methoxy groups -OCH3 is 1. The second kappa shape index (κ2) is 6.68. The number of nitrogens with two attached hydrogens (primary N) is 1. The van der Waals surface area contributed by atoms with Crippen LogP contribution in [0.3, 0.4) is 0 Å². The molecule has 0 saturated carbocycles. The average Bonchev–Trinajstić information content (AvgIpc) is 2.77. The minimum Gasteiger partial charge on any atom is -0.495 e. The van der Waals surface area contributed by atoms with Crippen molar-refractivity contribution in [1.29, 1.82) is 0 Å². The van der Waals surface area contributed by atoms with E-state index in [1.807, 2.05) is 0 Å². The molecule has 0 fully saturated rings. The highest BCUT2D eigenvalue weighted by Crippen LogP contribution is 2.27. The van der Waals surface area contributed by atoms with Gasteiger partial charge in [-0.05, 0) is 18.2 Å². The summed E-state index contributed by atoms with van der Waals surface area (Å²) in [6.45, 7) is 0. The number of halogens is 1. The molecule has 0 unspecified atom stereocenters. The number of benzene rings is 1. The fourth-order valence-corrected chi connectivity index (χ4v) is 2.50. The van der Waals surface area contributed by atoms with Crippen LogP contribution in [0.5, 0.6) is 5.75 Å². The van der Waals surface area contributed by atoms with Crippen LogP contribution in [-0.2, 0) is 11.8 Å². The number of carbonyl (C=O) groups is 1. The first kappa shape index (κ1) is 15.5. The highest BCUT2D eigenvalue weighted by atomic mass is 35.5. The second-order valence-electron chi connectivity index (χ2n) is 4.09. The number of nitrogens with zero attached hydrogens (tertiary/aromatic N) is 3. The third-order valence-corrected chi connectivity index (χ3v) is 3.95. The van der Waals surface area contributed by atoms with Gasteiger partial charge in [0.15, 0.2) is 5.16 Å². The maximum Gasteiger partial charge on any atom is 0.234 e. The molecule has 7 nitrogen and oxygen atoms in total.